The molecule has 2 nitrogen and oxygen atoms in total. The highest BCUT2D eigenvalue weighted by molar-refractivity contribution is 14.1. The number of nitrogens with one attached hydrogen (secondary N) is 1. The summed E-state index contributed by atoms with van der Waals surface area (Å²) in [4.78, 5) is 11.4. The van der Waals surface area contributed by atoms with Gasteiger partial charge in [-0.25, -0.2) is 0 Å². The summed E-state index contributed by atoms with van der Waals surface area (Å²) >= 11 is 8.18. The molecule has 0 saturated carbocycles. The molecule has 4 heteroatoms. The van der Waals surface area contributed by atoms with Gasteiger partial charge in [0.05, 0.1) is 0 Å². The third-order valence-corrected chi connectivity index (χ3v) is 2.91. The molecule has 1 atom stereocenters. The van der Waals surface area contributed by atoms with Crippen LogP contribution in [0.2, 0.25) is 0 Å². The first kappa shape index (κ1) is 11.8. The van der Waals surface area contributed by atoms with E-state index >= 15 is 0 Å². The SMILES string of the molecule is CCNC(=O)C(Cl)c1ccc(I)cc1. The molecule has 14 heavy (non-hydrogen) atoms. The molecule has 0 aliphatic rings. The minimum atomic E-state index is -0.591. The van der Waals surface area contributed by atoms with Crippen LogP contribution in [0.3, 0.4) is 0 Å². The molecule has 0 saturated heterocycles. The second-order valence-corrected chi connectivity index (χ2v) is 4.49. The minimum absolute atomic E-state index is 0.143. The summed E-state index contributed by atoms with van der Waals surface area (Å²) in [5.74, 6) is -0.143. The molecule has 1 rings (SSSR count). The van der Waals surface area contributed by atoms with Crippen LogP contribution in [0.4, 0.5) is 0 Å². The van der Waals surface area contributed by atoms with Gasteiger partial charge in [0.25, 0.3) is 0 Å². The Morgan fingerprint density at radius 3 is 2.57 bits per heavy atom. The number of likely N-dealkylation sites (N-methyl/N-ethyl adjacent to an activating group) is 1. The largest absolute Gasteiger partial charge is 0.355 e. The molecule has 0 radical (unpaired) electrons. The standard InChI is InChI=1S/C10H11ClINO/c1-2-13-10(14)9(11)7-3-5-8(12)6-4-7/h3-6,9H,2H2,1H3,(H,13,14). The highest BCUT2D eigenvalue weighted by Crippen LogP contribution is 2.21. The third-order valence-electron chi connectivity index (χ3n) is 1.74. The van der Waals surface area contributed by atoms with Crippen molar-refractivity contribution in [2.75, 3.05) is 6.54 Å². The van der Waals surface area contributed by atoms with Crippen molar-refractivity contribution in [1.29, 1.82) is 0 Å². The summed E-state index contributed by atoms with van der Waals surface area (Å²) in [6.07, 6.45) is 0. The van der Waals surface area contributed by atoms with E-state index in [0.29, 0.717) is 6.54 Å². The van der Waals surface area contributed by atoms with Crippen LogP contribution in [0, 0.1) is 3.57 Å². The van der Waals surface area contributed by atoms with Crippen molar-refractivity contribution in [3.8, 4) is 0 Å². The Morgan fingerprint density at radius 2 is 2.07 bits per heavy atom. The van der Waals surface area contributed by atoms with E-state index in [0.717, 1.165) is 9.13 Å². The summed E-state index contributed by atoms with van der Waals surface area (Å²) in [6, 6.07) is 7.61. The topological polar surface area (TPSA) is 29.1 Å². The zero-order valence-corrected chi connectivity index (χ0v) is 10.7. The lowest BCUT2D eigenvalue weighted by Crippen LogP contribution is -2.26. The van der Waals surface area contributed by atoms with Crippen molar-refractivity contribution in [2.24, 2.45) is 0 Å². The maximum Gasteiger partial charge on any atom is 0.242 e. The minimum Gasteiger partial charge on any atom is -0.355 e. The maximum atomic E-state index is 11.4. The second kappa shape index (κ2) is 5.56. The van der Waals surface area contributed by atoms with Gasteiger partial charge in [0, 0.05) is 10.1 Å². The molecule has 0 aromatic heterocycles. The van der Waals surface area contributed by atoms with E-state index < -0.39 is 5.38 Å². The van der Waals surface area contributed by atoms with Crippen LogP contribution in [-0.2, 0) is 4.79 Å². The fourth-order valence-corrected chi connectivity index (χ4v) is 1.63. The van der Waals surface area contributed by atoms with Crippen LogP contribution < -0.4 is 5.32 Å². The fraction of sp³-hybridized carbons (Fsp3) is 0.300. The van der Waals surface area contributed by atoms with Crippen molar-refractivity contribution in [3.05, 3.63) is 33.4 Å². The summed E-state index contributed by atoms with van der Waals surface area (Å²) < 4.78 is 1.13. The molecule has 0 aliphatic heterocycles. The Hall–Kier alpha value is -0.290. The van der Waals surface area contributed by atoms with Gasteiger partial charge in [0.15, 0.2) is 0 Å². The maximum absolute atomic E-state index is 11.4. The average Bonchev–Trinajstić information content (AvgIpc) is 2.18. The van der Waals surface area contributed by atoms with Gasteiger partial charge in [0.1, 0.15) is 5.38 Å². The molecular weight excluding hydrogens is 312 g/mol. The number of rotatable bonds is 3. The van der Waals surface area contributed by atoms with Crippen LogP contribution in [-0.4, -0.2) is 12.5 Å². The number of hydrogen-bond donors (Lipinski definition) is 1. The first-order valence-corrected chi connectivity index (χ1v) is 5.84. The summed E-state index contributed by atoms with van der Waals surface area (Å²) in [5, 5.41) is 2.09. The van der Waals surface area contributed by atoms with E-state index in [1.165, 1.54) is 0 Å². The van der Waals surface area contributed by atoms with E-state index in [-0.39, 0.29) is 5.91 Å². The number of halogens is 2. The lowest BCUT2D eigenvalue weighted by Gasteiger charge is -2.09. The zero-order valence-electron chi connectivity index (χ0n) is 7.76. The lowest BCUT2D eigenvalue weighted by molar-refractivity contribution is -0.120. The first-order chi connectivity index (χ1) is 6.65. The van der Waals surface area contributed by atoms with E-state index in [9.17, 15) is 4.79 Å². The van der Waals surface area contributed by atoms with E-state index in [1.807, 2.05) is 31.2 Å². The molecule has 0 fully saturated rings. The van der Waals surface area contributed by atoms with Gasteiger partial charge in [0.2, 0.25) is 5.91 Å². The number of carbonyl (C=O) groups excluding carboxylic acids is 1. The van der Waals surface area contributed by atoms with Crippen LogP contribution in [0.5, 0.6) is 0 Å². The lowest BCUT2D eigenvalue weighted by atomic mass is 10.1. The number of amides is 1. The van der Waals surface area contributed by atoms with E-state index in [2.05, 4.69) is 27.9 Å². The summed E-state index contributed by atoms with van der Waals surface area (Å²) in [6.45, 7) is 2.47. The molecule has 1 unspecified atom stereocenters. The van der Waals surface area contributed by atoms with Gasteiger partial charge >= 0.3 is 0 Å². The van der Waals surface area contributed by atoms with Gasteiger partial charge in [-0.05, 0) is 47.2 Å². The zero-order chi connectivity index (χ0) is 10.6. The van der Waals surface area contributed by atoms with Crippen LogP contribution in [0.25, 0.3) is 0 Å². The van der Waals surface area contributed by atoms with Gasteiger partial charge in [-0.1, -0.05) is 12.1 Å². The van der Waals surface area contributed by atoms with Crippen molar-refractivity contribution in [3.63, 3.8) is 0 Å². The molecule has 1 aromatic carbocycles. The monoisotopic (exact) mass is 323 g/mol. The molecule has 0 bridgehead atoms. The highest BCUT2D eigenvalue weighted by Gasteiger charge is 2.15. The van der Waals surface area contributed by atoms with Crippen LogP contribution in [0.1, 0.15) is 17.9 Å². The van der Waals surface area contributed by atoms with Crippen LogP contribution >= 0.6 is 34.2 Å². The normalized spacial score (nSPS) is 12.2. The molecule has 1 aromatic rings. The summed E-state index contributed by atoms with van der Waals surface area (Å²) in [5.41, 5.74) is 0.832. The van der Waals surface area contributed by atoms with Crippen molar-refractivity contribution < 1.29 is 4.79 Å². The molecule has 0 aliphatic carbocycles. The predicted octanol–water partition coefficient (Wildman–Crippen LogP) is 2.71. The van der Waals surface area contributed by atoms with E-state index in [1.54, 1.807) is 0 Å². The molecule has 1 N–H and O–H groups in total. The highest BCUT2D eigenvalue weighted by atomic mass is 127. The van der Waals surface area contributed by atoms with Crippen LogP contribution in [0.15, 0.2) is 24.3 Å². The number of alkyl halides is 1. The van der Waals surface area contributed by atoms with Crippen molar-refractivity contribution >= 4 is 40.1 Å². The molecular formula is C10H11ClINO. The van der Waals surface area contributed by atoms with Gasteiger partial charge in [-0.2, -0.15) is 0 Å². The summed E-state index contributed by atoms with van der Waals surface area (Å²) in [7, 11) is 0. The Labute approximate surface area is 102 Å². The first-order valence-electron chi connectivity index (χ1n) is 4.32. The Kier molecular flexibility index (Phi) is 4.68. The van der Waals surface area contributed by atoms with Gasteiger partial charge in [-0.3, -0.25) is 4.79 Å². The Morgan fingerprint density at radius 1 is 1.50 bits per heavy atom. The fourth-order valence-electron chi connectivity index (χ4n) is 1.05. The van der Waals surface area contributed by atoms with E-state index in [4.69, 9.17) is 11.6 Å². The Balaban J connectivity index is 2.73. The Bertz CT molecular complexity index is 312. The number of benzene rings is 1. The number of carbonyl (C=O) groups is 1. The second-order valence-electron chi connectivity index (χ2n) is 2.81. The molecule has 0 spiro atoms. The van der Waals surface area contributed by atoms with Gasteiger partial charge < -0.3 is 5.32 Å². The van der Waals surface area contributed by atoms with Crippen molar-refractivity contribution in [1.82, 2.24) is 5.32 Å². The molecule has 0 heterocycles. The number of hydrogen-bond acceptors (Lipinski definition) is 1. The van der Waals surface area contributed by atoms with Crippen molar-refractivity contribution in [2.45, 2.75) is 12.3 Å². The van der Waals surface area contributed by atoms with Gasteiger partial charge in [-0.15, -0.1) is 11.6 Å². The quantitative estimate of drug-likeness (QED) is 0.672. The predicted molar refractivity (Wildman–Crippen MR) is 66.4 cm³/mol. The average molecular weight is 324 g/mol. The smallest absolute Gasteiger partial charge is 0.242 e. The molecule has 76 valence electrons. The molecule has 1 amide bonds. The third kappa shape index (κ3) is 3.13.